The Morgan fingerprint density at radius 1 is 1.35 bits per heavy atom. The van der Waals surface area contributed by atoms with Gasteiger partial charge in [-0.2, -0.15) is 5.10 Å². The van der Waals surface area contributed by atoms with E-state index in [4.69, 9.17) is 10.7 Å². The maximum absolute atomic E-state index is 11.1. The lowest BCUT2D eigenvalue weighted by molar-refractivity contribution is 0.0989. The molecule has 17 heavy (non-hydrogen) atoms. The summed E-state index contributed by atoms with van der Waals surface area (Å²) in [6.07, 6.45) is 6.79. The van der Waals surface area contributed by atoms with E-state index in [1.807, 2.05) is 0 Å². The monoisotopic (exact) mass is 278 g/mol. The normalized spacial score (nSPS) is 26.7. The van der Waals surface area contributed by atoms with Gasteiger partial charge in [0, 0.05) is 16.9 Å². The predicted molar refractivity (Wildman–Crippen MR) is 63.4 cm³/mol. The molecule has 1 heterocycles. The summed E-state index contributed by atoms with van der Waals surface area (Å²) in [6.45, 7) is 0. The number of nitrogens with zero attached hydrogens (tertiary/aromatic N) is 2. The van der Waals surface area contributed by atoms with Gasteiger partial charge in [0.25, 0.3) is 9.05 Å². The minimum atomic E-state index is -3.74. The highest BCUT2D eigenvalue weighted by Gasteiger charge is 2.25. The first-order valence-electron chi connectivity index (χ1n) is 5.65. The molecular formula is C10H15ClN2O3S. The van der Waals surface area contributed by atoms with E-state index in [9.17, 15) is 13.5 Å². The summed E-state index contributed by atoms with van der Waals surface area (Å²) < 4.78 is 23.8. The zero-order valence-corrected chi connectivity index (χ0v) is 10.9. The molecule has 0 bridgehead atoms. The lowest BCUT2D eigenvalue weighted by atomic mass is 10.1. The number of hydrogen-bond acceptors (Lipinski definition) is 4. The molecule has 1 aliphatic carbocycles. The van der Waals surface area contributed by atoms with Gasteiger partial charge in [0.1, 0.15) is 4.90 Å². The van der Waals surface area contributed by atoms with Crippen molar-refractivity contribution in [1.29, 1.82) is 0 Å². The molecule has 7 heteroatoms. The molecule has 1 N–H and O–H groups in total. The second-order valence-corrected chi connectivity index (χ2v) is 6.93. The SMILES string of the molecule is O=S(=O)(Cl)c1cnn(C2CCCCCC2O)c1. The van der Waals surface area contributed by atoms with Crippen LogP contribution in [-0.4, -0.2) is 29.4 Å². The molecule has 0 aliphatic heterocycles. The van der Waals surface area contributed by atoms with Crippen LogP contribution in [0.5, 0.6) is 0 Å². The summed E-state index contributed by atoms with van der Waals surface area (Å²) in [4.78, 5) is -0.0180. The Morgan fingerprint density at radius 3 is 2.71 bits per heavy atom. The lowest BCUT2D eigenvalue weighted by Crippen LogP contribution is -2.23. The van der Waals surface area contributed by atoms with E-state index in [0.29, 0.717) is 0 Å². The van der Waals surface area contributed by atoms with Gasteiger partial charge in [-0.15, -0.1) is 0 Å². The Kier molecular flexibility index (Phi) is 3.75. The first kappa shape index (κ1) is 12.9. The summed E-state index contributed by atoms with van der Waals surface area (Å²) in [7, 11) is 1.50. The zero-order valence-electron chi connectivity index (χ0n) is 9.29. The molecule has 0 spiro atoms. The van der Waals surface area contributed by atoms with Crippen LogP contribution < -0.4 is 0 Å². The standard InChI is InChI=1S/C10H15ClN2O3S/c11-17(15,16)8-6-12-13(7-8)9-4-2-1-3-5-10(9)14/h6-7,9-10,14H,1-5H2. The average Bonchev–Trinajstić information content (AvgIpc) is 2.63. The van der Waals surface area contributed by atoms with E-state index < -0.39 is 15.2 Å². The van der Waals surface area contributed by atoms with E-state index in [1.165, 1.54) is 17.1 Å². The van der Waals surface area contributed by atoms with Crippen LogP contribution in [-0.2, 0) is 9.05 Å². The van der Waals surface area contributed by atoms with Crippen molar-refractivity contribution in [3.8, 4) is 0 Å². The molecule has 96 valence electrons. The Labute approximate surface area is 105 Å². The minimum absolute atomic E-state index is 0.0180. The fourth-order valence-corrected chi connectivity index (χ4v) is 2.85. The van der Waals surface area contributed by atoms with Crippen molar-refractivity contribution in [2.75, 3.05) is 0 Å². The van der Waals surface area contributed by atoms with Gasteiger partial charge in [-0.05, 0) is 12.8 Å². The van der Waals surface area contributed by atoms with Crippen molar-refractivity contribution in [2.24, 2.45) is 0 Å². The predicted octanol–water partition coefficient (Wildman–Crippen LogP) is 1.68. The van der Waals surface area contributed by atoms with E-state index in [1.54, 1.807) is 0 Å². The molecule has 1 aromatic heterocycles. The minimum Gasteiger partial charge on any atom is -0.391 e. The largest absolute Gasteiger partial charge is 0.391 e. The van der Waals surface area contributed by atoms with Crippen LogP contribution in [0.4, 0.5) is 0 Å². The van der Waals surface area contributed by atoms with Crippen LogP contribution >= 0.6 is 10.7 Å². The summed E-state index contributed by atoms with van der Waals surface area (Å²) in [6, 6.07) is -0.148. The van der Waals surface area contributed by atoms with Gasteiger partial charge in [0.2, 0.25) is 0 Å². The first-order valence-corrected chi connectivity index (χ1v) is 7.96. The number of aliphatic hydroxyl groups excluding tert-OH is 1. The molecule has 0 amide bonds. The van der Waals surface area contributed by atoms with Gasteiger partial charge >= 0.3 is 0 Å². The van der Waals surface area contributed by atoms with Gasteiger partial charge in [-0.3, -0.25) is 4.68 Å². The fraction of sp³-hybridized carbons (Fsp3) is 0.700. The molecule has 2 atom stereocenters. The summed E-state index contributed by atoms with van der Waals surface area (Å²) in [5.74, 6) is 0. The molecule has 0 aromatic carbocycles. The molecule has 5 nitrogen and oxygen atoms in total. The zero-order chi connectivity index (χ0) is 12.5. The van der Waals surface area contributed by atoms with Crippen molar-refractivity contribution < 1.29 is 13.5 Å². The second-order valence-electron chi connectivity index (χ2n) is 4.37. The average molecular weight is 279 g/mol. The van der Waals surface area contributed by atoms with Crippen LogP contribution in [0.25, 0.3) is 0 Å². The Hall–Kier alpha value is -0.590. The molecule has 2 rings (SSSR count). The van der Waals surface area contributed by atoms with Crippen LogP contribution in [0.1, 0.15) is 38.1 Å². The summed E-state index contributed by atoms with van der Waals surface area (Å²) in [5, 5.41) is 14.0. The van der Waals surface area contributed by atoms with E-state index in [0.717, 1.165) is 32.1 Å². The quantitative estimate of drug-likeness (QED) is 0.660. The third-order valence-corrected chi connectivity index (χ3v) is 4.45. The van der Waals surface area contributed by atoms with Crippen molar-refractivity contribution in [2.45, 2.75) is 49.1 Å². The Morgan fingerprint density at radius 2 is 2.06 bits per heavy atom. The number of hydrogen-bond donors (Lipinski definition) is 1. The van der Waals surface area contributed by atoms with Crippen molar-refractivity contribution in [3.63, 3.8) is 0 Å². The van der Waals surface area contributed by atoms with Crippen molar-refractivity contribution in [1.82, 2.24) is 9.78 Å². The Bertz CT molecular complexity index is 485. The van der Waals surface area contributed by atoms with Crippen molar-refractivity contribution >= 4 is 19.7 Å². The highest BCUT2D eigenvalue weighted by Crippen LogP contribution is 2.28. The molecule has 1 aromatic rings. The summed E-state index contributed by atoms with van der Waals surface area (Å²) in [5.41, 5.74) is 0. The van der Waals surface area contributed by atoms with Crippen LogP contribution in [0.15, 0.2) is 17.3 Å². The Balaban J connectivity index is 2.24. The summed E-state index contributed by atoms with van der Waals surface area (Å²) >= 11 is 0. The van der Waals surface area contributed by atoms with E-state index >= 15 is 0 Å². The van der Waals surface area contributed by atoms with Gasteiger partial charge in [0.05, 0.1) is 18.3 Å². The number of aromatic nitrogens is 2. The fourth-order valence-electron chi connectivity index (χ4n) is 2.20. The molecule has 0 saturated heterocycles. The van der Waals surface area contributed by atoms with E-state index in [2.05, 4.69) is 5.10 Å². The van der Waals surface area contributed by atoms with Crippen molar-refractivity contribution in [3.05, 3.63) is 12.4 Å². The molecule has 0 radical (unpaired) electrons. The van der Waals surface area contributed by atoms with Gasteiger partial charge < -0.3 is 5.11 Å². The topological polar surface area (TPSA) is 72.2 Å². The first-order chi connectivity index (χ1) is 7.98. The smallest absolute Gasteiger partial charge is 0.264 e. The number of rotatable bonds is 2. The third kappa shape index (κ3) is 3.00. The maximum atomic E-state index is 11.1. The van der Waals surface area contributed by atoms with Gasteiger partial charge in [0.15, 0.2) is 0 Å². The maximum Gasteiger partial charge on any atom is 0.264 e. The molecule has 1 saturated carbocycles. The third-order valence-electron chi connectivity index (χ3n) is 3.14. The van der Waals surface area contributed by atoms with Crippen LogP contribution in [0.3, 0.4) is 0 Å². The molecule has 1 fully saturated rings. The molecule has 1 aliphatic rings. The molecular weight excluding hydrogens is 264 g/mol. The number of aliphatic hydroxyl groups is 1. The van der Waals surface area contributed by atoms with Crippen LogP contribution in [0.2, 0.25) is 0 Å². The van der Waals surface area contributed by atoms with Crippen LogP contribution in [0, 0.1) is 0 Å². The van der Waals surface area contributed by atoms with E-state index in [-0.39, 0.29) is 10.9 Å². The lowest BCUT2D eigenvalue weighted by Gasteiger charge is -2.20. The number of halogens is 1. The van der Waals surface area contributed by atoms with Gasteiger partial charge in [-0.1, -0.05) is 19.3 Å². The molecule has 2 unspecified atom stereocenters. The highest BCUT2D eigenvalue weighted by atomic mass is 35.7. The van der Waals surface area contributed by atoms with Gasteiger partial charge in [-0.25, -0.2) is 8.42 Å². The second kappa shape index (κ2) is 4.96. The highest BCUT2D eigenvalue weighted by molar-refractivity contribution is 8.13.